The van der Waals surface area contributed by atoms with Crippen LogP contribution in [0.2, 0.25) is 0 Å². The van der Waals surface area contributed by atoms with Crippen LogP contribution in [0.25, 0.3) is 0 Å². The molecule has 1 N–H and O–H groups in total. The van der Waals surface area contributed by atoms with Gasteiger partial charge >= 0.3 is 0 Å². The highest BCUT2D eigenvalue weighted by atomic mass is 32.2. The minimum atomic E-state index is -1.36. The molecule has 1 aromatic carbocycles. The molecule has 0 unspecified atom stereocenters. The van der Waals surface area contributed by atoms with E-state index in [4.69, 9.17) is 4.42 Å². The molecule has 0 saturated carbocycles. The van der Waals surface area contributed by atoms with Crippen LogP contribution in [0.4, 0.5) is 4.39 Å². The molecule has 2 aromatic heterocycles. The molecule has 4 nitrogen and oxygen atoms in total. The van der Waals surface area contributed by atoms with Gasteiger partial charge in [0.15, 0.2) is 5.76 Å². The summed E-state index contributed by atoms with van der Waals surface area (Å²) in [5.41, 5.74) is 0. The lowest BCUT2D eigenvalue weighted by Crippen LogP contribution is -2.25. The first kappa shape index (κ1) is 17.6. The Balaban J connectivity index is 1.53. The highest BCUT2D eigenvalue weighted by Gasteiger charge is 2.13. The van der Waals surface area contributed by atoms with Crippen LogP contribution >= 0.6 is 11.3 Å². The Bertz CT molecular complexity index is 857. The Labute approximate surface area is 151 Å². The van der Waals surface area contributed by atoms with Gasteiger partial charge in [0.25, 0.3) is 5.91 Å². The predicted molar refractivity (Wildman–Crippen MR) is 95.6 cm³/mol. The van der Waals surface area contributed by atoms with E-state index in [1.54, 1.807) is 23.5 Å². The summed E-state index contributed by atoms with van der Waals surface area (Å²) in [6.07, 6.45) is 0.769. The van der Waals surface area contributed by atoms with Crippen LogP contribution in [0, 0.1) is 5.82 Å². The van der Waals surface area contributed by atoms with Crippen molar-refractivity contribution in [2.75, 3.05) is 6.54 Å². The molecule has 25 heavy (non-hydrogen) atoms. The Kier molecular flexibility index (Phi) is 5.78. The largest absolute Gasteiger partial charge is 0.455 e. The van der Waals surface area contributed by atoms with Crippen molar-refractivity contribution in [3.8, 4) is 0 Å². The highest BCUT2D eigenvalue weighted by molar-refractivity contribution is 7.84. The first-order valence-corrected chi connectivity index (χ1v) is 9.85. The molecular weight excluding hydrogens is 361 g/mol. The summed E-state index contributed by atoms with van der Waals surface area (Å²) in [6.45, 7) is 0.525. The molecule has 0 aliphatic heterocycles. The summed E-state index contributed by atoms with van der Waals surface area (Å²) >= 11 is 1.65. The smallest absolute Gasteiger partial charge is 0.287 e. The fraction of sp³-hybridized carbons (Fsp3) is 0.167. The van der Waals surface area contributed by atoms with E-state index in [0.717, 1.165) is 6.42 Å². The summed E-state index contributed by atoms with van der Waals surface area (Å²) in [6, 6.07) is 12.7. The van der Waals surface area contributed by atoms with E-state index >= 15 is 0 Å². The average Bonchev–Trinajstić information content (AvgIpc) is 3.27. The fourth-order valence-corrected chi connectivity index (χ4v) is 3.95. The Morgan fingerprint density at radius 2 is 1.96 bits per heavy atom. The number of thiophene rings is 1. The van der Waals surface area contributed by atoms with E-state index < -0.39 is 10.8 Å². The third-order valence-electron chi connectivity index (χ3n) is 3.47. The molecule has 0 bridgehead atoms. The van der Waals surface area contributed by atoms with E-state index in [1.807, 2.05) is 17.5 Å². The number of amides is 1. The number of benzene rings is 1. The van der Waals surface area contributed by atoms with Crippen molar-refractivity contribution in [3.63, 3.8) is 0 Å². The fourth-order valence-electron chi connectivity index (χ4n) is 2.22. The lowest BCUT2D eigenvalue weighted by Gasteiger charge is -2.02. The van der Waals surface area contributed by atoms with E-state index in [2.05, 4.69) is 5.32 Å². The van der Waals surface area contributed by atoms with Crippen LogP contribution < -0.4 is 5.32 Å². The van der Waals surface area contributed by atoms with Gasteiger partial charge in [-0.15, -0.1) is 11.3 Å². The van der Waals surface area contributed by atoms with Gasteiger partial charge in [-0.2, -0.15) is 0 Å². The van der Waals surface area contributed by atoms with Gasteiger partial charge in [-0.25, -0.2) is 4.39 Å². The molecular formula is C18H16FNO3S2. The number of halogens is 1. The number of hydrogen-bond acceptors (Lipinski definition) is 4. The van der Waals surface area contributed by atoms with Gasteiger partial charge in [0.05, 0.1) is 16.6 Å². The molecule has 0 aliphatic carbocycles. The maximum atomic E-state index is 12.9. The van der Waals surface area contributed by atoms with Crippen LogP contribution in [-0.4, -0.2) is 16.7 Å². The van der Waals surface area contributed by atoms with Crippen molar-refractivity contribution in [1.82, 2.24) is 5.32 Å². The molecule has 3 aromatic rings. The Morgan fingerprint density at radius 1 is 1.16 bits per heavy atom. The van der Waals surface area contributed by atoms with E-state index in [1.165, 1.54) is 29.1 Å². The monoisotopic (exact) mass is 377 g/mol. The maximum absolute atomic E-state index is 12.9. The lowest BCUT2D eigenvalue weighted by molar-refractivity contribution is 0.0925. The van der Waals surface area contributed by atoms with Gasteiger partial charge in [-0.05, 0) is 54.3 Å². The molecule has 0 aliphatic rings. The van der Waals surface area contributed by atoms with Crippen LogP contribution in [-0.2, 0) is 23.0 Å². The maximum Gasteiger partial charge on any atom is 0.287 e. The third kappa shape index (κ3) is 4.87. The minimum Gasteiger partial charge on any atom is -0.455 e. The van der Waals surface area contributed by atoms with Gasteiger partial charge in [0.1, 0.15) is 11.6 Å². The molecule has 0 radical (unpaired) electrons. The summed E-state index contributed by atoms with van der Waals surface area (Å²) in [4.78, 5) is 13.8. The Hall–Kier alpha value is -2.25. The zero-order valence-electron chi connectivity index (χ0n) is 13.2. The first-order chi connectivity index (χ1) is 12.1. The van der Waals surface area contributed by atoms with Crippen LogP contribution in [0.3, 0.4) is 0 Å². The number of rotatable bonds is 7. The van der Waals surface area contributed by atoms with Crippen molar-refractivity contribution < 1.29 is 17.8 Å². The molecule has 7 heteroatoms. The van der Waals surface area contributed by atoms with Crippen LogP contribution in [0.5, 0.6) is 0 Å². The summed E-state index contributed by atoms with van der Waals surface area (Å²) < 4.78 is 30.6. The summed E-state index contributed by atoms with van der Waals surface area (Å²) in [5, 5.41) is 4.80. The second kappa shape index (κ2) is 8.22. The van der Waals surface area contributed by atoms with E-state index in [-0.39, 0.29) is 23.2 Å². The number of hydrogen-bond donors (Lipinski definition) is 1. The molecule has 3 rings (SSSR count). The predicted octanol–water partition coefficient (Wildman–Crippen LogP) is 3.76. The number of carbonyl (C=O) groups excluding carboxylic acids is 1. The number of nitrogens with one attached hydrogen (secondary N) is 1. The van der Waals surface area contributed by atoms with Crippen LogP contribution in [0.15, 0.2) is 63.2 Å². The second-order valence-electron chi connectivity index (χ2n) is 5.30. The quantitative estimate of drug-likeness (QED) is 0.682. The molecule has 0 spiro atoms. The molecule has 0 fully saturated rings. The zero-order chi connectivity index (χ0) is 17.6. The van der Waals surface area contributed by atoms with Gasteiger partial charge in [0.2, 0.25) is 0 Å². The van der Waals surface area contributed by atoms with Gasteiger partial charge in [-0.3, -0.25) is 9.00 Å². The van der Waals surface area contributed by atoms with Gasteiger partial charge in [-0.1, -0.05) is 6.07 Å². The highest BCUT2D eigenvalue weighted by Crippen LogP contribution is 2.16. The number of furan rings is 1. The zero-order valence-corrected chi connectivity index (χ0v) is 14.9. The summed E-state index contributed by atoms with van der Waals surface area (Å²) in [5.74, 6) is 0.104. The van der Waals surface area contributed by atoms with Gasteiger partial charge < -0.3 is 9.73 Å². The van der Waals surface area contributed by atoms with Crippen molar-refractivity contribution in [2.45, 2.75) is 17.1 Å². The number of carbonyl (C=O) groups is 1. The van der Waals surface area contributed by atoms with Crippen molar-refractivity contribution in [2.24, 2.45) is 0 Å². The van der Waals surface area contributed by atoms with Crippen LogP contribution in [0.1, 0.15) is 21.2 Å². The molecule has 1 amide bonds. The van der Waals surface area contributed by atoms with E-state index in [0.29, 0.717) is 17.2 Å². The molecule has 130 valence electrons. The van der Waals surface area contributed by atoms with Crippen molar-refractivity contribution in [1.29, 1.82) is 0 Å². The van der Waals surface area contributed by atoms with E-state index in [9.17, 15) is 13.4 Å². The Morgan fingerprint density at radius 3 is 2.68 bits per heavy atom. The minimum absolute atomic E-state index is 0.133. The third-order valence-corrected chi connectivity index (χ3v) is 5.75. The average molecular weight is 377 g/mol. The lowest BCUT2D eigenvalue weighted by atomic mass is 10.3. The van der Waals surface area contributed by atoms with Crippen molar-refractivity contribution >= 4 is 28.0 Å². The molecule has 0 saturated heterocycles. The normalized spacial score (nSPS) is 12.0. The standard InChI is InChI=1S/C18H16FNO3S2/c19-13-3-6-16(7-4-13)25(22)12-14-5-8-17(23-14)18(21)20-10-9-15-2-1-11-24-15/h1-8,11H,9-10,12H2,(H,20,21)/t25-/m0/s1. The van der Waals surface area contributed by atoms with Gasteiger partial charge in [0, 0.05) is 16.3 Å². The topological polar surface area (TPSA) is 59.3 Å². The molecule has 1 atom stereocenters. The first-order valence-electron chi connectivity index (χ1n) is 7.65. The summed E-state index contributed by atoms with van der Waals surface area (Å²) in [7, 11) is -1.36. The molecule has 2 heterocycles. The van der Waals surface area contributed by atoms with Crippen molar-refractivity contribution in [3.05, 3.63) is 76.1 Å². The second-order valence-corrected chi connectivity index (χ2v) is 7.78. The SMILES string of the molecule is O=C(NCCc1cccs1)c1ccc(C[S@](=O)c2ccc(F)cc2)o1.